The highest BCUT2D eigenvalue weighted by Crippen LogP contribution is 2.23. The molecule has 0 radical (unpaired) electrons. The van der Waals surface area contributed by atoms with Crippen molar-refractivity contribution < 1.29 is 14.3 Å². The Kier molecular flexibility index (Phi) is 7.25. The number of methoxy groups -OCH3 is 2. The fourth-order valence-electron chi connectivity index (χ4n) is 2.72. The van der Waals surface area contributed by atoms with Gasteiger partial charge in [0.15, 0.2) is 10.8 Å². The molecule has 1 aromatic carbocycles. The number of thioether (sulfide) groups is 1. The van der Waals surface area contributed by atoms with Gasteiger partial charge in [0.2, 0.25) is 0 Å². The van der Waals surface area contributed by atoms with Gasteiger partial charge in [-0.15, -0.1) is 0 Å². The van der Waals surface area contributed by atoms with Gasteiger partial charge < -0.3 is 20.1 Å². The largest absolute Gasteiger partial charge is 0.497 e. The fourth-order valence-corrected chi connectivity index (χ4v) is 3.08. The van der Waals surface area contributed by atoms with Crippen molar-refractivity contribution in [2.75, 3.05) is 45.5 Å². The average Bonchev–Trinajstić information content (AvgIpc) is 3.16. The third kappa shape index (κ3) is 5.15. The van der Waals surface area contributed by atoms with Gasteiger partial charge in [0.1, 0.15) is 11.6 Å². The Balaban J connectivity index is 1.67. The van der Waals surface area contributed by atoms with Crippen LogP contribution < -0.4 is 15.4 Å². The number of carbonyl (C=O) groups excluding carboxylic acids is 1. The number of hydrogen-bond acceptors (Lipinski definition) is 8. The second kappa shape index (κ2) is 10.1. The lowest BCUT2D eigenvalue weighted by Crippen LogP contribution is -2.27. The molecule has 29 heavy (non-hydrogen) atoms. The zero-order valence-electron chi connectivity index (χ0n) is 16.6. The number of ether oxygens (including phenoxy) is 2. The number of anilines is 1. The van der Waals surface area contributed by atoms with Crippen molar-refractivity contribution in [3.8, 4) is 5.75 Å². The molecule has 9 nitrogen and oxygen atoms in total. The maximum atomic E-state index is 12.3. The molecular weight excluding hydrogens is 392 g/mol. The zero-order chi connectivity index (χ0) is 20.6. The van der Waals surface area contributed by atoms with E-state index in [0.717, 1.165) is 16.9 Å². The monoisotopic (exact) mass is 416 g/mol. The maximum Gasteiger partial charge on any atom is 0.251 e. The molecule has 0 fully saturated rings. The number of benzene rings is 1. The van der Waals surface area contributed by atoms with E-state index in [4.69, 9.17) is 9.47 Å². The maximum absolute atomic E-state index is 12.3. The molecular formula is C19H24N6O3S. The summed E-state index contributed by atoms with van der Waals surface area (Å²) in [5.74, 6) is 1.29. The molecule has 0 atom stereocenters. The second-order valence-electron chi connectivity index (χ2n) is 6.07. The lowest BCUT2D eigenvalue weighted by atomic mass is 10.2. The van der Waals surface area contributed by atoms with Crippen LogP contribution in [0, 0.1) is 0 Å². The van der Waals surface area contributed by atoms with Crippen molar-refractivity contribution in [3.63, 3.8) is 0 Å². The number of rotatable bonds is 10. The third-order valence-electron chi connectivity index (χ3n) is 4.22. The van der Waals surface area contributed by atoms with Crippen LogP contribution in [0.2, 0.25) is 0 Å². The van der Waals surface area contributed by atoms with Gasteiger partial charge in [0.05, 0.1) is 31.8 Å². The van der Waals surface area contributed by atoms with E-state index in [0.29, 0.717) is 42.7 Å². The smallest absolute Gasteiger partial charge is 0.251 e. The van der Waals surface area contributed by atoms with Crippen LogP contribution in [0.25, 0.3) is 11.0 Å². The second-order valence-corrected chi connectivity index (χ2v) is 6.84. The first-order valence-electron chi connectivity index (χ1n) is 9.09. The highest BCUT2D eigenvalue weighted by atomic mass is 32.2. The lowest BCUT2D eigenvalue weighted by molar-refractivity contribution is 0.0952. The summed E-state index contributed by atoms with van der Waals surface area (Å²) < 4.78 is 12.0. The molecule has 0 saturated carbocycles. The first-order valence-corrected chi connectivity index (χ1v) is 10.3. The van der Waals surface area contributed by atoms with Gasteiger partial charge >= 0.3 is 0 Å². The van der Waals surface area contributed by atoms with E-state index < -0.39 is 0 Å². The van der Waals surface area contributed by atoms with Crippen LogP contribution >= 0.6 is 11.8 Å². The summed E-state index contributed by atoms with van der Waals surface area (Å²) in [4.78, 5) is 21.4. The number of hydrogen-bond donors (Lipinski definition) is 2. The van der Waals surface area contributed by atoms with Gasteiger partial charge in [0.25, 0.3) is 5.91 Å². The van der Waals surface area contributed by atoms with Gasteiger partial charge in [-0.25, -0.2) is 14.6 Å². The predicted molar refractivity (Wildman–Crippen MR) is 113 cm³/mol. The Morgan fingerprint density at radius 2 is 1.97 bits per heavy atom. The van der Waals surface area contributed by atoms with Crippen LogP contribution in [0.1, 0.15) is 10.4 Å². The molecule has 10 heteroatoms. The summed E-state index contributed by atoms with van der Waals surface area (Å²) in [6.07, 6.45) is 3.66. The van der Waals surface area contributed by atoms with E-state index in [9.17, 15) is 4.79 Å². The number of fused-ring (bicyclic) bond motifs is 1. The Hall–Kier alpha value is -2.85. The number of nitrogens with one attached hydrogen (secondary N) is 2. The van der Waals surface area contributed by atoms with Crippen LogP contribution in [0.15, 0.2) is 35.6 Å². The predicted octanol–water partition coefficient (Wildman–Crippen LogP) is 2.05. The van der Waals surface area contributed by atoms with Gasteiger partial charge in [-0.3, -0.25) is 4.79 Å². The Morgan fingerprint density at radius 3 is 2.66 bits per heavy atom. The molecule has 2 heterocycles. The number of carbonyl (C=O) groups is 1. The topological polar surface area (TPSA) is 103 Å². The van der Waals surface area contributed by atoms with Crippen molar-refractivity contribution in [3.05, 3.63) is 36.0 Å². The van der Waals surface area contributed by atoms with Crippen molar-refractivity contribution in [1.82, 2.24) is 25.1 Å². The molecule has 0 unspecified atom stereocenters. The van der Waals surface area contributed by atoms with E-state index in [1.807, 2.05) is 6.26 Å². The molecule has 154 valence electrons. The van der Waals surface area contributed by atoms with Crippen LogP contribution in [0.3, 0.4) is 0 Å². The summed E-state index contributed by atoms with van der Waals surface area (Å²) >= 11 is 1.46. The first-order chi connectivity index (χ1) is 14.2. The molecule has 0 aliphatic carbocycles. The van der Waals surface area contributed by atoms with Crippen molar-refractivity contribution >= 4 is 34.5 Å². The fraction of sp³-hybridized carbons (Fsp3) is 0.368. The minimum atomic E-state index is -0.148. The van der Waals surface area contributed by atoms with Crippen molar-refractivity contribution in [2.24, 2.45) is 0 Å². The molecule has 0 saturated heterocycles. The van der Waals surface area contributed by atoms with E-state index >= 15 is 0 Å². The van der Waals surface area contributed by atoms with E-state index in [1.54, 1.807) is 49.4 Å². The number of nitrogens with zero attached hydrogens (tertiary/aromatic N) is 4. The summed E-state index contributed by atoms with van der Waals surface area (Å²) in [5.41, 5.74) is 1.30. The Morgan fingerprint density at radius 1 is 1.17 bits per heavy atom. The lowest BCUT2D eigenvalue weighted by Gasteiger charge is -2.09. The molecule has 1 amide bonds. The summed E-state index contributed by atoms with van der Waals surface area (Å²) in [6.45, 7) is 2.13. The van der Waals surface area contributed by atoms with Gasteiger partial charge in [-0.1, -0.05) is 11.8 Å². The summed E-state index contributed by atoms with van der Waals surface area (Å²) in [6, 6.07) is 6.98. The molecule has 2 N–H and O–H groups in total. The molecule has 0 aliphatic rings. The zero-order valence-corrected chi connectivity index (χ0v) is 17.5. The first kappa shape index (κ1) is 20.9. The molecule has 0 aliphatic heterocycles. The van der Waals surface area contributed by atoms with Crippen LogP contribution in [0.4, 0.5) is 5.82 Å². The SMILES string of the molecule is COCCNc1nc(SC)nc2c1cnn2CCNC(=O)c1ccc(OC)cc1. The normalized spacial score (nSPS) is 10.9. The average molecular weight is 417 g/mol. The molecule has 0 bridgehead atoms. The van der Waals surface area contributed by atoms with E-state index in [1.165, 1.54) is 11.8 Å². The third-order valence-corrected chi connectivity index (χ3v) is 4.77. The van der Waals surface area contributed by atoms with Crippen LogP contribution in [-0.2, 0) is 11.3 Å². The summed E-state index contributed by atoms with van der Waals surface area (Å²) in [7, 11) is 3.25. The summed E-state index contributed by atoms with van der Waals surface area (Å²) in [5, 5.41) is 12.1. The van der Waals surface area contributed by atoms with Crippen LogP contribution in [0.5, 0.6) is 5.75 Å². The highest BCUT2D eigenvalue weighted by Gasteiger charge is 2.13. The minimum Gasteiger partial charge on any atom is -0.497 e. The van der Waals surface area contributed by atoms with Gasteiger partial charge in [-0.2, -0.15) is 5.10 Å². The number of aromatic nitrogens is 4. The standard InChI is InChI=1S/C19H24N6O3S/c1-27-11-9-20-16-15-12-22-25(17(15)24-19(23-16)29-3)10-8-21-18(26)13-4-6-14(28-2)7-5-13/h4-7,12H,8-11H2,1-3H3,(H,21,26)(H,20,23,24). The van der Waals surface area contributed by atoms with Gasteiger partial charge in [-0.05, 0) is 30.5 Å². The van der Waals surface area contributed by atoms with Crippen LogP contribution in [-0.4, -0.2) is 65.8 Å². The molecule has 0 spiro atoms. The molecule has 3 aromatic rings. The minimum absolute atomic E-state index is 0.148. The van der Waals surface area contributed by atoms with Gasteiger partial charge in [0, 0.05) is 25.8 Å². The van der Waals surface area contributed by atoms with E-state index in [-0.39, 0.29) is 5.91 Å². The van der Waals surface area contributed by atoms with Crippen molar-refractivity contribution in [2.45, 2.75) is 11.7 Å². The highest BCUT2D eigenvalue weighted by molar-refractivity contribution is 7.98. The van der Waals surface area contributed by atoms with E-state index in [2.05, 4.69) is 25.7 Å². The molecule has 2 aromatic heterocycles. The Labute approximate surface area is 173 Å². The molecule has 3 rings (SSSR count). The quantitative estimate of drug-likeness (QED) is 0.294. The van der Waals surface area contributed by atoms with Crippen molar-refractivity contribution in [1.29, 1.82) is 0 Å². The Bertz CT molecular complexity index is 960. The number of amides is 1.